The molecule has 1 N–H and O–H groups in total. The first kappa shape index (κ1) is 16.5. The average molecular weight is 367 g/mol. The molecular formula is C18H21BrClN. The maximum atomic E-state index is 6.20. The normalized spacial score (nSPS) is 12.5. The van der Waals surface area contributed by atoms with E-state index in [1.54, 1.807) is 0 Å². The van der Waals surface area contributed by atoms with Crippen molar-refractivity contribution in [3.8, 4) is 0 Å². The molecule has 0 amide bonds. The average Bonchev–Trinajstić information content (AvgIpc) is 2.39. The van der Waals surface area contributed by atoms with E-state index in [-0.39, 0.29) is 6.04 Å². The third-order valence-electron chi connectivity index (χ3n) is 3.70. The molecule has 0 radical (unpaired) electrons. The van der Waals surface area contributed by atoms with Crippen molar-refractivity contribution in [3.63, 3.8) is 0 Å². The molecule has 2 aromatic carbocycles. The van der Waals surface area contributed by atoms with Gasteiger partial charge in [0.05, 0.1) is 6.04 Å². The Hall–Kier alpha value is -0.830. The monoisotopic (exact) mass is 365 g/mol. The fourth-order valence-electron chi connectivity index (χ4n) is 2.95. The number of hydrogen-bond acceptors (Lipinski definition) is 1. The van der Waals surface area contributed by atoms with Crippen molar-refractivity contribution in [3.05, 3.63) is 67.6 Å². The van der Waals surface area contributed by atoms with Gasteiger partial charge in [-0.2, -0.15) is 0 Å². The molecule has 2 aromatic rings. The van der Waals surface area contributed by atoms with Gasteiger partial charge in [-0.25, -0.2) is 0 Å². The Morgan fingerprint density at radius 2 is 1.71 bits per heavy atom. The minimum absolute atomic E-state index is 0.142. The zero-order valence-electron chi connectivity index (χ0n) is 12.9. The molecular weight excluding hydrogens is 346 g/mol. The molecule has 0 heterocycles. The van der Waals surface area contributed by atoms with Crippen LogP contribution >= 0.6 is 27.5 Å². The summed E-state index contributed by atoms with van der Waals surface area (Å²) >= 11 is 9.87. The number of rotatable bonds is 4. The summed E-state index contributed by atoms with van der Waals surface area (Å²) < 4.78 is 1.08. The second-order valence-electron chi connectivity index (χ2n) is 5.47. The topological polar surface area (TPSA) is 12.0 Å². The van der Waals surface area contributed by atoms with Crippen LogP contribution in [0.5, 0.6) is 0 Å². The Balaban J connectivity index is 2.61. The lowest BCUT2D eigenvalue weighted by molar-refractivity contribution is 0.622. The van der Waals surface area contributed by atoms with Crippen LogP contribution in [-0.2, 0) is 0 Å². The van der Waals surface area contributed by atoms with Crippen molar-refractivity contribution in [1.29, 1.82) is 0 Å². The molecule has 0 bridgehead atoms. The van der Waals surface area contributed by atoms with Crippen molar-refractivity contribution < 1.29 is 0 Å². The Kier molecular flexibility index (Phi) is 5.48. The standard InChI is InChI=1S/C18H21BrClN/c1-5-21-18(15-10-14(20)6-7-16(15)19)17-12(3)8-11(2)9-13(17)4/h6-10,18,21H,5H2,1-4H3. The molecule has 0 aromatic heterocycles. The number of hydrogen-bond donors (Lipinski definition) is 1. The highest BCUT2D eigenvalue weighted by Crippen LogP contribution is 2.34. The van der Waals surface area contributed by atoms with Gasteiger partial charge < -0.3 is 5.32 Å². The number of nitrogens with one attached hydrogen (secondary N) is 1. The first-order chi connectivity index (χ1) is 9.93. The lowest BCUT2D eigenvalue weighted by Gasteiger charge is -2.25. The van der Waals surface area contributed by atoms with Crippen molar-refractivity contribution in [2.24, 2.45) is 0 Å². The second-order valence-corrected chi connectivity index (χ2v) is 6.76. The fraction of sp³-hybridized carbons (Fsp3) is 0.333. The Morgan fingerprint density at radius 3 is 2.29 bits per heavy atom. The first-order valence-electron chi connectivity index (χ1n) is 7.20. The molecule has 0 aliphatic heterocycles. The van der Waals surface area contributed by atoms with E-state index in [9.17, 15) is 0 Å². The van der Waals surface area contributed by atoms with Crippen molar-refractivity contribution >= 4 is 27.5 Å². The third kappa shape index (κ3) is 3.68. The Labute approximate surface area is 140 Å². The summed E-state index contributed by atoms with van der Waals surface area (Å²) in [5, 5.41) is 4.36. The van der Waals surface area contributed by atoms with Gasteiger partial charge in [-0.1, -0.05) is 52.2 Å². The van der Waals surface area contributed by atoms with E-state index in [1.807, 2.05) is 18.2 Å². The van der Waals surface area contributed by atoms with Crippen LogP contribution in [0.15, 0.2) is 34.8 Å². The van der Waals surface area contributed by atoms with Gasteiger partial charge in [0.2, 0.25) is 0 Å². The van der Waals surface area contributed by atoms with E-state index in [4.69, 9.17) is 11.6 Å². The van der Waals surface area contributed by atoms with E-state index in [2.05, 4.69) is 61.1 Å². The number of aryl methyl sites for hydroxylation is 3. The lowest BCUT2D eigenvalue weighted by Crippen LogP contribution is -2.24. The van der Waals surface area contributed by atoms with Gasteiger partial charge in [0, 0.05) is 9.50 Å². The zero-order chi connectivity index (χ0) is 15.6. The van der Waals surface area contributed by atoms with Crippen LogP contribution in [0.4, 0.5) is 0 Å². The molecule has 112 valence electrons. The van der Waals surface area contributed by atoms with Gasteiger partial charge in [0.25, 0.3) is 0 Å². The van der Waals surface area contributed by atoms with Gasteiger partial charge in [-0.05, 0) is 67.8 Å². The van der Waals surface area contributed by atoms with E-state index in [1.165, 1.54) is 27.8 Å². The maximum Gasteiger partial charge on any atom is 0.0593 e. The smallest absolute Gasteiger partial charge is 0.0593 e. The molecule has 3 heteroatoms. The molecule has 1 unspecified atom stereocenters. The van der Waals surface area contributed by atoms with Gasteiger partial charge in [0.1, 0.15) is 0 Å². The van der Waals surface area contributed by atoms with E-state index >= 15 is 0 Å². The molecule has 0 saturated carbocycles. The summed E-state index contributed by atoms with van der Waals surface area (Å²) in [4.78, 5) is 0. The van der Waals surface area contributed by atoms with Crippen LogP contribution in [0.3, 0.4) is 0 Å². The highest BCUT2D eigenvalue weighted by Gasteiger charge is 2.20. The van der Waals surface area contributed by atoms with Gasteiger partial charge >= 0.3 is 0 Å². The molecule has 1 atom stereocenters. The van der Waals surface area contributed by atoms with Gasteiger partial charge in [0.15, 0.2) is 0 Å². The Bertz CT molecular complexity index is 629. The maximum absolute atomic E-state index is 6.20. The number of halogens is 2. The van der Waals surface area contributed by atoms with Crippen LogP contribution < -0.4 is 5.32 Å². The van der Waals surface area contributed by atoms with Gasteiger partial charge in [-0.15, -0.1) is 0 Å². The van der Waals surface area contributed by atoms with Crippen LogP contribution in [0.2, 0.25) is 5.02 Å². The SMILES string of the molecule is CCNC(c1cc(Cl)ccc1Br)c1c(C)cc(C)cc1C. The molecule has 0 saturated heterocycles. The van der Waals surface area contributed by atoms with Crippen molar-refractivity contribution in [2.45, 2.75) is 33.7 Å². The summed E-state index contributed by atoms with van der Waals surface area (Å²) in [5.41, 5.74) is 6.44. The molecule has 21 heavy (non-hydrogen) atoms. The molecule has 0 fully saturated rings. The zero-order valence-corrected chi connectivity index (χ0v) is 15.3. The lowest BCUT2D eigenvalue weighted by atomic mass is 9.90. The number of benzene rings is 2. The predicted octanol–water partition coefficient (Wildman–Crippen LogP) is 5.73. The van der Waals surface area contributed by atoms with Crippen LogP contribution in [0.25, 0.3) is 0 Å². The summed E-state index contributed by atoms with van der Waals surface area (Å²) in [5.74, 6) is 0. The van der Waals surface area contributed by atoms with Gasteiger partial charge in [-0.3, -0.25) is 0 Å². The van der Waals surface area contributed by atoms with E-state index < -0.39 is 0 Å². The minimum atomic E-state index is 0.142. The molecule has 0 aliphatic rings. The summed E-state index contributed by atoms with van der Waals surface area (Å²) in [6, 6.07) is 10.6. The third-order valence-corrected chi connectivity index (χ3v) is 4.66. The molecule has 1 nitrogen and oxygen atoms in total. The van der Waals surface area contributed by atoms with Crippen LogP contribution in [0.1, 0.15) is 40.8 Å². The second kappa shape index (κ2) is 6.95. The van der Waals surface area contributed by atoms with Crippen LogP contribution in [-0.4, -0.2) is 6.54 Å². The minimum Gasteiger partial charge on any atom is -0.306 e. The molecule has 0 aliphatic carbocycles. The summed E-state index contributed by atoms with van der Waals surface area (Å²) in [7, 11) is 0. The summed E-state index contributed by atoms with van der Waals surface area (Å²) in [6.07, 6.45) is 0. The molecule has 0 spiro atoms. The highest BCUT2D eigenvalue weighted by molar-refractivity contribution is 9.10. The van der Waals surface area contributed by atoms with Crippen molar-refractivity contribution in [2.75, 3.05) is 6.54 Å². The molecule has 2 rings (SSSR count). The Morgan fingerprint density at radius 1 is 1.10 bits per heavy atom. The van der Waals surface area contributed by atoms with Crippen LogP contribution in [0, 0.1) is 20.8 Å². The highest BCUT2D eigenvalue weighted by atomic mass is 79.9. The van der Waals surface area contributed by atoms with E-state index in [0.29, 0.717) is 0 Å². The first-order valence-corrected chi connectivity index (χ1v) is 8.37. The predicted molar refractivity (Wildman–Crippen MR) is 95.3 cm³/mol. The van der Waals surface area contributed by atoms with Crippen molar-refractivity contribution in [1.82, 2.24) is 5.32 Å². The quantitative estimate of drug-likeness (QED) is 0.729. The fourth-order valence-corrected chi connectivity index (χ4v) is 3.61. The summed E-state index contributed by atoms with van der Waals surface area (Å²) in [6.45, 7) is 9.53. The van der Waals surface area contributed by atoms with E-state index in [0.717, 1.165) is 16.0 Å². The largest absolute Gasteiger partial charge is 0.306 e.